The largest absolute Gasteiger partial charge is 0.490 e. The summed E-state index contributed by atoms with van der Waals surface area (Å²) in [5.74, 6) is 2.74. The van der Waals surface area contributed by atoms with Crippen LogP contribution in [0.3, 0.4) is 0 Å². The van der Waals surface area contributed by atoms with Crippen LogP contribution in [0.1, 0.15) is 24.4 Å². The number of para-hydroxylation sites is 1. The number of amides is 1. The van der Waals surface area contributed by atoms with Crippen LogP contribution < -0.4 is 4.74 Å². The maximum atomic E-state index is 12.4. The molecule has 2 heterocycles. The van der Waals surface area contributed by atoms with Gasteiger partial charge in [0, 0.05) is 20.1 Å². The summed E-state index contributed by atoms with van der Waals surface area (Å²) in [5, 5.41) is 0. The zero-order valence-electron chi connectivity index (χ0n) is 15.0. The summed E-state index contributed by atoms with van der Waals surface area (Å²) in [6.07, 6.45) is 2.13. The van der Waals surface area contributed by atoms with Crippen molar-refractivity contribution in [3.63, 3.8) is 0 Å². The van der Waals surface area contributed by atoms with Gasteiger partial charge in [0.1, 0.15) is 23.4 Å². The second-order valence-electron chi connectivity index (χ2n) is 6.67. The van der Waals surface area contributed by atoms with Crippen LogP contribution in [0.5, 0.6) is 5.75 Å². The molecule has 0 N–H and O–H groups in total. The van der Waals surface area contributed by atoms with Crippen molar-refractivity contribution in [1.29, 1.82) is 0 Å². The molecule has 0 bridgehead atoms. The summed E-state index contributed by atoms with van der Waals surface area (Å²) < 4.78 is 11.5. The Kier molecular flexibility index (Phi) is 5.76. The van der Waals surface area contributed by atoms with E-state index in [4.69, 9.17) is 9.15 Å². The van der Waals surface area contributed by atoms with E-state index in [1.54, 1.807) is 4.90 Å². The molecule has 25 heavy (non-hydrogen) atoms. The van der Waals surface area contributed by atoms with Gasteiger partial charge in [0.05, 0.1) is 13.1 Å². The third-order valence-corrected chi connectivity index (χ3v) is 4.55. The Morgan fingerprint density at radius 1 is 1.20 bits per heavy atom. The molecule has 0 radical (unpaired) electrons. The molecule has 0 spiro atoms. The van der Waals surface area contributed by atoms with Crippen LogP contribution in [-0.4, -0.2) is 48.5 Å². The van der Waals surface area contributed by atoms with E-state index in [0.29, 0.717) is 13.1 Å². The Labute approximate surface area is 149 Å². The van der Waals surface area contributed by atoms with Crippen LogP contribution in [0.15, 0.2) is 46.9 Å². The second-order valence-corrected chi connectivity index (χ2v) is 6.67. The van der Waals surface area contributed by atoms with Crippen LogP contribution in [0.4, 0.5) is 0 Å². The molecule has 0 aliphatic carbocycles. The normalized spacial score (nSPS) is 15.9. The van der Waals surface area contributed by atoms with E-state index in [1.807, 2.05) is 56.4 Å². The van der Waals surface area contributed by atoms with Crippen molar-refractivity contribution in [3.8, 4) is 5.75 Å². The van der Waals surface area contributed by atoms with Crippen molar-refractivity contribution in [1.82, 2.24) is 9.80 Å². The van der Waals surface area contributed by atoms with Gasteiger partial charge in [-0.05, 0) is 44.0 Å². The summed E-state index contributed by atoms with van der Waals surface area (Å²) in [5.41, 5.74) is 0. The van der Waals surface area contributed by atoms with Crippen molar-refractivity contribution < 1.29 is 13.9 Å². The lowest BCUT2D eigenvalue weighted by Gasteiger charge is -2.32. The van der Waals surface area contributed by atoms with Gasteiger partial charge in [-0.1, -0.05) is 18.2 Å². The van der Waals surface area contributed by atoms with Crippen LogP contribution in [0.2, 0.25) is 0 Å². The first-order valence-corrected chi connectivity index (χ1v) is 8.83. The van der Waals surface area contributed by atoms with E-state index in [1.165, 1.54) is 0 Å². The molecule has 0 saturated carbocycles. The number of ether oxygens (including phenoxy) is 1. The van der Waals surface area contributed by atoms with Crippen molar-refractivity contribution in [2.75, 3.05) is 26.7 Å². The van der Waals surface area contributed by atoms with E-state index in [0.717, 1.165) is 43.2 Å². The van der Waals surface area contributed by atoms with Gasteiger partial charge < -0.3 is 14.1 Å². The van der Waals surface area contributed by atoms with Gasteiger partial charge >= 0.3 is 0 Å². The summed E-state index contributed by atoms with van der Waals surface area (Å²) in [4.78, 5) is 16.3. The molecule has 1 aliphatic rings. The lowest BCUT2D eigenvalue weighted by Crippen LogP contribution is -2.44. The van der Waals surface area contributed by atoms with Gasteiger partial charge in [-0.15, -0.1) is 0 Å². The molecule has 5 nitrogen and oxygen atoms in total. The maximum Gasteiger partial charge on any atom is 0.236 e. The molecule has 1 fully saturated rings. The number of hydrogen-bond acceptors (Lipinski definition) is 4. The number of aryl methyl sites for hydroxylation is 1. The molecule has 1 saturated heterocycles. The number of benzene rings is 1. The smallest absolute Gasteiger partial charge is 0.236 e. The van der Waals surface area contributed by atoms with Gasteiger partial charge in [-0.2, -0.15) is 0 Å². The monoisotopic (exact) mass is 342 g/mol. The number of rotatable bonds is 6. The Hall–Kier alpha value is -2.27. The lowest BCUT2D eigenvalue weighted by atomic mass is 10.1. The Morgan fingerprint density at radius 3 is 2.56 bits per heavy atom. The Bertz CT molecular complexity index is 675. The highest BCUT2D eigenvalue weighted by atomic mass is 16.5. The summed E-state index contributed by atoms with van der Waals surface area (Å²) >= 11 is 0. The molecule has 5 heteroatoms. The Balaban J connectivity index is 1.41. The standard InChI is InChI=1S/C20H26N2O3/c1-16-8-9-19(24-16)14-21(2)20(23)15-22-12-10-18(11-13-22)25-17-6-4-3-5-7-17/h3-9,18H,10-15H2,1-2H3. The SMILES string of the molecule is Cc1ccc(CN(C)C(=O)CN2CCC(Oc3ccccc3)CC2)o1. The molecule has 1 aliphatic heterocycles. The first-order chi connectivity index (χ1) is 12.1. The van der Waals surface area contributed by atoms with E-state index in [9.17, 15) is 4.79 Å². The maximum absolute atomic E-state index is 12.4. The molecule has 1 amide bonds. The summed E-state index contributed by atoms with van der Waals surface area (Å²) in [7, 11) is 1.82. The molecule has 1 aromatic heterocycles. The number of carbonyl (C=O) groups is 1. The van der Waals surface area contributed by atoms with Crippen molar-refractivity contribution in [2.45, 2.75) is 32.4 Å². The van der Waals surface area contributed by atoms with E-state index < -0.39 is 0 Å². The van der Waals surface area contributed by atoms with Crippen molar-refractivity contribution in [3.05, 3.63) is 54.0 Å². The van der Waals surface area contributed by atoms with Crippen LogP contribution in [0.25, 0.3) is 0 Å². The zero-order valence-corrected chi connectivity index (χ0v) is 15.0. The number of likely N-dealkylation sites (N-methyl/N-ethyl adjacent to an activating group) is 1. The van der Waals surface area contributed by atoms with Gasteiger partial charge in [-0.25, -0.2) is 0 Å². The molecule has 0 unspecified atom stereocenters. The molecule has 3 rings (SSSR count). The summed E-state index contributed by atoms with van der Waals surface area (Å²) in [6, 6.07) is 13.8. The summed E-state index contributed by atoms with van der Waals surface area (Å²) in [6.45, 7) is 4.65. The zero-order chi connectivity index (χ0) is 17.6. The van der Waals surface area contributed by atoms with Crippen LogP contribution in [-0.2, 0) is 11.3 Å². The molecular weight excluding hydrogens is 316 g/mol. The number of carbonyl (C=O) groups excluding carboxylic acids is 1. The molecular formula is C20H26N2O3. The predicted molar refractivity (Wildman–Crippen MR) is 96.5 cm³/mol. The van der Waals surface area contributed by atoms with Gasteiger partial charge in [0.25, 0.3) is 0 Å². The fourth-order valence-corrected chi connectivity index (χ4v) is 3.08. The highest BCUT2D eigenvalue weighted by molar-refractivity contribution is 5.77. The second kappa shape index (κ2) is 8.21. The minimum Gasteiger partial charge on any atom is -0.490 e. The molecule has 134 valence electrons. The topological polar surface area (TPSA) is 45.9 Å². The quantitative estimate of drug-likeness (QED) is 0.809. The van der Waals surface area contributed by atoms with E-state index >= 15 is 0 Å². The average Bonchev–Trinajstić information content (AvgIpc) is 3.02. The first kappa shape index (κ1) is 17.5. The molecule has 2 aromatic rings. The number of piperidine rings is 1. The number of hydrogen-bond donors (Lipinski definition) is 0. The number of likely N-dealkylation sites (tertiary alicyclic amines) is 1. The third kappa shape index (κ3) is 5.10. The highest BCUT2D eigenvalue weighted by Gasteiger charge is 2.23. The minimum absolute atomic E-state index is 0.122. The van der Waals surface area contributed by atoms with Gasteiger partial charge in [0.2, 0.25) is 5.91 Å². The number of furan rings is 1. The first-order valence-electron chi connectivity index (χ1n) is 8.83. The van der Waals surface area contributed by atoms with Crippen molar-refractivity contribution >= 4 is 5.91 Å². The average molecular weight is 342 g/mol. The minimum atomic E-state index is 0.122. The van der Waals surface area contributed by atoms with Crippen molar-refractivity contribution in [2.24, 2.45) is 0 Å². The molecule has 1 aromatic carbocycles. The highest BCUT2D eigenvalue weighted by Crippen LogP contribution is 2.18. The fraction of sp³-hybridized carbons (Fsp3) is 0.450. The van der Waals surface area contributed by atoms with Crippen LogP contribution in [0, 0.1) is 6.92 Å². The van der Waals surface area contributed by atoms with Crippen LogP contribution >= 0.6 is 0 Å². The third-order valence-electron chi connectivity index (χ3n) is 4.55. The number of nitrogens with zero attached hydrogens (tertiary/aromatic N) is 2. The fourth-order valence-electron chi connectivity index (χ4n) is 3.08. The molecule has 0 atom stereocenters. The van der Waals surface area contributed by atoms with Gasteiger partial charge in [-0.3, -0.25) is 9.69 Å². The lowest BCUT2D eigenvalue weighted by molar-refractivity contribution is -0.132. The van der Waals surface area contributed by atoms with E-state index in [-0.39, 0.29) is 12.0 Å². The Morgan fingerprint density at radius 2 is 1.92 bits per heavy atom. The van der Waals surface area contributed by atoms with Gasteiger partial charge in [0.15, 0.2) is 0 Å². The predicted octanol–water partition coefficient (Wildman–Crippen LogP) is 3.09. The van der Waals surface area contributed by atoms with E-state index in [2.05, 4.69) is 4.90 Å².